The fourth-order valence-electron chi connectivity index (χ4n) is 10.8. The first-order valence-electron chi connectivity index (χ1n) is 27.0. The summed E-state index contributed by atoms with van der Waals surface area (Å²) in [4.78, 5) is 144. The smallest absolute Gasteiger partial charge is 0.272 e. The molecule has 24 nitrogen and oxygen atoms in total. The highest BCUT2D eigenvalue weighted by molar-refractivity contribution is 6.30. The van der Waals surface area contributed by atoms with E-state index in [9.17, 15) is 44.6 Å². The van der Waals surface area contributed by atoms with Crippen LogP contribution in [0, 0.1) is 43.9 Å². The summed E-state index contributed by atoms with van der Waals surface area (Å²) in [6.45, 7) is 8.12. The highest BCUT2D eigenvalue weighted by atomic mass is 35.5. The lowest BCUT2D eigenvalue weighted by atomic mass is 9.90. The van der Waals surface area contributed by atoms with E-state index >= 15 is 19.2 Å². The normalized spacial score (nSPS) is 28.3. The molecule has 4 fully saturated rings. The van der Waals surface area contributed by atoms with Crippen LogP contribution in [0.2, 0.25) is 5.15 Å². The van der Waals surface area contributed by atoms with E-state index in [4.69, 9.17) is 11.6 Å². The Balaban J connectivity index is 1.33. The second kappa shape index (κ2) is 25.9. The summed E-state index contributed by atoms with van der Waals surface area (Å²) in [5, 5.41) is 50.3. The molecule has 430 valence electrons. The molecular formula is C55H70ClN11O13. The van der Waals surface area contributed by atoms with Crippen LogP contribution in [0.15, 0.2) is 84.9 Å². The lowest BCUT2D eigenvalue weighted by molar-refractivity contribution is -0.498. The number of nitro groups is 2. The second-order valence-corrected chi connectivity index (χ2v) is 22.0. The van der Waals surface area contributed by atoms with Gasteiger partial charge in [-0.05, 0) is 61.3 Å². The molecule has 2 saturated carbocycles. The maximum absolute atomic E-state index is 15.2. The maximum atomic E-state index is 15.2. The van der Waals surface area contributed by atoms with E-state index in [0.29, 0.717) is 22.3 Å². The van der Waals surface area contributed by atoms with Crippen molar-refractivity contribution >= 4 is 58.9 Å². The minimum absolute atomic E-state index is 0.0500. The molecule has 2 aliphatic carbocycles. The topological polar surface area (TPSA) is 327 Å². The van der Waals surface area contributed by atoms with Gasteiger partial charge in [0.25, 0.3) is 5.91 Å². The van der Waals surface area contributed by atoms with E-state index in [1.807, 2.05) is 13.0 Å². The number of aromatic nitrogens is 1. The molecule has 2 saturated heterocycles. The molecule has 7 rings (SSSR count). The summed E-state index contributed by atoms with van der Waals surface area (Å²) in [6.07, 6.45) is 3.73. The van der Waals surface area contributed by atoms with Crippen molar-refractivity contribution in [3.8, 4) is 0 Å². The molecule has 25 heteroatoms. The second-order valence-electron chi connectivity index (χ2n) is 21.7. The number of hydrogen-bond donors (Lipinski definition) is 7. The third-order valence-electron chi connectivity index (χ3n) is 16.1. The zero-order valence-electron chi connectivity index (χ0n) is 45.4. The highest BCUT2D eigenvalue weighted by Gasteiger charge is 2.52. The number of halogens is 1. The van der Waals surface area contributed by atoms with Gasteiger partial charge in [-0.1, -0.05) is 119 Å². The van der Waals surface area contributed by atoms with Crippen LogP contribution >= 0.6 is 11.6 Å². The molecule has 0 radical (unpaired) electrons. The molecule has 8 amide bonds. The quantitative estimate of drug-likeness (QED) is 0.0443. The van der Waals surface area contributed by atoms with Crippen molar-refractivity contribution in [3.63, 3.8) is 0 Å². The summed E-state index contributed by atoms with van der Waals surface area (Å²) in [6, 6.07) is 7.30. The molecule has 2 aliphatic heterocycles. The van der Waals surface area contributed by atoms with E-state index in [2.05, 4.69) is 31.9 Å². The Hall–Kier alpha value is -7.89. The van der Waals surface area contributed by atoms with Crippen LogP contribution in [0.25, 0.3) is 0 Å². The number of fused-ring (bicyclic) bond motifs is 1. The Kier molecular flexibility index (Phi) is 19.4. The van der Waals surface area contributed by atoms with Gasteiger partial charge in [0.05, 0.1) is 0 Å². The van der Waals surface area contributed by atoms with E-state index < -0.39 is 148 Å². The number of nitrogens with zero attached hydrogens (tertiary/aromatic N) is 5. The van der Waals surface area contributed by atoms with E-state index in [0.717, 1.165) is 4.90 Å². The average molecular weight is 1130 g/mol. The third-order valence-corrected chi connectivity index (χ3v) is 16.4. The fourth-order valence-corrected chi connectivity index (χ4v) is 11.0. The molecule has 1 unspecified atom stereocenters. The number of carbonyl (C=O) groups is 8. The van der Waals surface area contributed by atoms with Crippen LogP contribution in [-0.4, -0.2) is 151 Å². The predicted molar refractivity (Wildman–Crippen MR) is 290 cm³/mol. The van der Waals surface area contributed by atoms with Crippen molar-refractivity contribution in [2.45, 2.75) is 139 Å². The van der Waals surface area contributed by atoms with Gasteiger partial charge < -0.3 is 46.9 Å². The molecule has 80 heavy (non-hydrogen) atoms. The van der Waals surface area contributed by atoms with Gasteiger partial charge in [-0.3, -0.25) is 58.6 Å². The Morgan fingerprint density at radius 2 is 1.30 bits per heavy atom. The van der Waals surface area contributed by atoms with Gasteiger partial charge in [-0.15, -0.1) is 0 Å². The first kappa shape index (κ1) is 59.8. The van der Waals surface area contributed by atoms with Crippen LogP contribution in [0.3, 0.4) is 0 Å². The molecular weight excluding hydrogens is 1060 g/mol. The minimum Gasteiger partial charge on any atom is -0.427 e. The van der Waals surface area contributed by atoms with Crippen molar-refractivity contribution in [2.75, 3.05) is 20.1 Å². The number of nitrogens with one attached hydrogen (secondary N) is 6. The average Bonchev–Trinajstić information content (AvgIpc) is 4.40. The molecule has 3 heterocycles. The largest absolute Gasteiger partial charge is 0.427 e. The third kappa shape index (κ3) is 14.1. The SMILES string of the molecule is C/C=C\[C@H]1C[C@H]2C(=O)N(C)C[C@@H](NC(=O)[C@H](C[C@@H]3C[C@H]3[N+](=O)[O-])NC(=O)c3ccc(Cl)n3O)C(=O)NC([C@H](C)c3ccccc3)C(=O)N[C@H](C[C@@H]3C[C@H]3[N+](=O)[O-])C(=O)N[C@@H]([C@H](C)c3ccccc3)C(=O)N[C@@H]([C@@H](C)CC)C(=O)N2C1. The lowest BCUT2D eigenvalue weighted by Crippen LogP contribution is -2.62. The van der Waals surface area contributed by atoms with Crippen molar-refractivity contribution in [1.29, 1.82) is 0 Å². The Morgan fingerprint density at radius 3 is 1.82 bits per heavy atom. The summed E-state index contributed by atoms with van der Waals surface area (Å²) < 4.78 is 0.364. The fraction of sp³-hybridized carbons (Fsp3) is 0.527. The Morgan fingerprint density at radius 1 is 0.750 bits per heavy atom. The Bertz CT molecular complexity index is 2850. The van der Waals surface area contributed by atoms with Crippen LogP contribution in [-0.2, 0) is 33.6 Å². The van der Waals surface area contributed by atoms with E-state index in [1.165, 1.54) is 24.1 Å². The van der Waals surface area contributed by atoms with Crippen molar-refractivity contribution in [3.05, 3.63) is 127 Å². The first-order valence-corrected chi connectivity index (χ1v) is 27.3. The van der Waals surface area contributed by atoms with Gasteiger partial charge >= 0.3 is 0 Å². The summed E-state index contributed by atoms with van der Waals surface area (Å²) in [5.41, 5.74) is 0.770. The number of rotatable bonds is 17. The van der Waals surface area contributed by atoms with E-state index in [1.54, 1.807) is 94.4 Å². The van der Waals surface area contributed by atoms with Crippen molar-refractivity contribution < 1.29 is 53.4 Å². The lowest BCUT2D eigenvalue weighted by Gasteiger charge is -2.35. The van der Waals surface area contributed by atoms with Gasteiger partial charge in [-0.25, -0.2) is 0 Å². The monoisotopic (exact) mass is 1130 g/mol. The van der Waals surface area contributed by atoms with Gasteiger partial charge in [0.2, 0.25) is 53.4 Å². The van der Waals surface area contributed by atoms with Gasteiger partial charge in [0.1, 0.15) is 53.1 Å². The molecule has 7 N–H and O–H groups in total. The Labute approximate surface area is 467 Å². The predicted octanol–water partition coefficient (Wildman–Crippen LogP) is 2.93. The standard InChI is InChI=1S/C55H70ClN11O13/c1-7-15-32-22-43-54(74)63(6)28-39(59-48(68)37(23-35-25-41(35)66(77)78)57-51(71)40-20-21-44(56)65(40)76)50(70)62-46(30(4)33-16-11-9-12-17-33)52(72)58-38(24-36-26-42(36)67(79)80)49(69)61-47(31(5)34-18-13-10-14-19-34)53(73)60-45(29(3)8-2)55(75)64(43)27-32/h7,9-21,29-32,35-39,41-43,45-47,76H,8,22-28H2,1-6H3,(H,57,71)(H,58,72)(H,59,68)(H,60,73)(H,61,69)(H,62,70)/b15-7-/t29-,30+,31+,32-,35+,36+,37-,38+,39+,41+,42+,43-,45-,46?,47-/m0/s1. The number of carbonyl (C=O) groups excluding carboxylic acids is 8. The van der Waals surface area contributed by atoms with Gasteiger partial charge in [0.15, 0.2) is 0 Å². The summed E-state index contributed by atoms with van der Waals surface area (Å²) in [5.74, 6) is -10.8. The van der Waals surface area contributed by atoms with Gasteiger partial charge in [-0.2, -0.15) is 4.73 Å². The molecule has 15 atom stereocenters. The molecule has 4 aliphatic rings. The minimum atomic E-state index is -1.77. The molecule has 0 spiro atoms. The zero-order chi connectivity index (χ0) is 58.3. The van der Waals surface area contributed by atoms with Crippen molar-refractivity contribution in [2.24, 2.45) is 23.7 Å². The van der Waals surface area contributed by atoms with Gasteiger partial charge in [0, 0.05) is 66.5 Å². The zero-order valence-corrected chi connectivity index (χ0v) is 46.1. The molecule has 2 aromatic carbocycles. The summed E-state index contributed by atoms with van der Waals surface area (Å²) in [7, 11) is 1.35. The first-order chi connectivity index (χ1) is 38.0. The highest BCUT2D eigenvalue weighted by Crippen LogP contribution is 2.38. The number of hydrogen-bond acceptors (Lipinski definition) is 13. The van der Waals surface area contributed by atoms with E-state index in [-0.39, 0.29) is 55.4 Å². The number of benzene rings is 2. The molecule has 3 aromatic rings. The number of likely N-dealkylation sites (N-methyl/N-ethyl adjacent to an activating group) is 1. The molecule has 0 bridgehead atoms. The van der Waals surface area contributed by atoms with Crippen LogP contribution in [0.4, 0.5) is 0 Å². The number of amides is 8. The maximum Gasteiger partial charge on any atom is 0.272 e. The molecule has 1 aromatic heterocycles. The summed E-state index contributed by atoms with van der Waals surface area (Å²) >= 11 is 5.99. The van der Waals surface area contributed by atoms with Crippen LogP contribution in [0.5, 0.6) is 0 Å². The van der Waals surface area contributed by atoms with Crippen LogP contribution in [0.1, 0.15) is 107 Å². The number of allylic oxidation sites excluding steroid dienone is 1. The van der Waals surface area contributed by atoms with Crippen LogP contribution < -0.4 is 31.9 Å². The van der Waals surface area contributed by atoms with Crippen molar-refractivity contribution in [1.82, 2.24) is 46.4 Å².